The highest BCUT2D eigenvalue weighted by atomic mass is 127. The molecule has 0 aromatic heterocycles. The van der Waals surface area contributed by atoms with Gasteiger partial charge in [-0.1, -0.05) is 74.0 Å². The van der Waals surface area contributed by atoms with Gasteiger partial charge in [-0.3, -0.25) is 0 Å². The predicted molar refractivity (Wildman–Crippen MR) is 241 cm³/mol. The van der Waals surface area contributed by atoms with Crippen molar-refractivity contribution >= 4 is 51.0 Å². The summed E-state index contributed by atoms with van der Waals surface area (Å²) in [5, 5.41) is 38.6. The Bertz CT molecular complexity index is 859. The number of aliphatic hydroxyl groups is 4. The molecule has 4 N–H and O–H groups in total. The third-order valence-electron chi connectivity index (χ3n) is 8.92. The predicted octanol–water partition coefficient (Wildman–Crippen LogP) is 5.95. The Morgan fingerprint density at radius 3 is 1.45 bits per heavy atom. The van der Waals surface area contributed by atoms with E-state index in [-0.39, 0.29) is 116 Å². The van der Waals surface area contributed by atoms with Crippen molar-refractivity contribution in [2.75, 3.05) is 97.3 Å². The van der Waals surface area contributed by atoms with Crippen molar-refractivity contribution in [3.63, 3.8) is 0 Å². The van der Waals surface area contributed by atoms with Gasteiger partial charge in [0, 0.05) is 102 Å². The largest absolute Gasteiger partial charge is 0.396 e. The number of carbonyl (C=O) groups is 1. The van der Waals surface area contributed by atoms with E-state index in [0.29, 0.717) is 58.9 Å². The van der Waals surface area contributed by atoms with Crippen LogP contribution in [0, 0.1) is 29.6 Å². The standard InChI is InChI=1S/C11H21IO4.C11H22O5.C11H20O4.C3H6O.CH3I.3CH4/c2*1-3-15-6-9-8(5-12)10(13)4-11(9)16-7-14-2;1-4-14-6-9-8(2)10(12)5-11(9)15-7-13-3;1-3(2)4;1-2;;;/h8-11,13H,3-7H2,1-2H3;8-13H,3-7H2,1-2H3;9-12H,2,4-7H2,1,3H3;1-2H3;1H3;3*1H4/t2*8-,9-,10+,11-;9-,10+,11-;;;;;/m000...../s1/i;;;1D;;;;. The van der Waals surface area contributed by atoms with Crippen LogP contribution in [-0.4, -0.2) is 160 Å². The van der Waals surface area contributed by atoms with Crippen molar-refractivity contribution in [3.8, 4) is 0 Å². The molecule has 0 amide bonds. The average molecular weight is 1040 g/mol. The van der Waals surface area contributed by atoms with Crippen LogP contribution >= 0.6 is 45.2 Å². The lowest BCUT2D eigenvalue weighted by atomic mass is 9.95. The lowest BCUT2D eigenvalue weighted by Crippen LogP contribution is -2.30. The summed E-state index contributed by atoms with van der Waals surface area (Å²) in [6.07, 6.45) is 0.457. The highest BCUT2D eigenvalue weighted by Gasteiger charge is 2.44. The minimum atomic E-state index is -0.516. The zero-order valence-corrected chi connectivity index (χ0v) is 37.6. The fourth-order valence-corrected chi connectivity index (χ4v) is 7.50. The molecule has 3 aliphatic rings. The molecule has 0 saturated heterocycles. The van der Waals surface area contributed by atoms with Gasteiger partial charge in [-0.05, 0) is 45.1 Å². The van der Waals surface area contributed by atoms with Gasteiger partial charge in [0.05, 0.1) is 56.4 Å². The van der Waals surface area contributed by atoms with Crippen LogP contribution in [0.2, 0.25) is 0 Å². The van der Waals surface area contributed by atoms with Crippen LogP contribution in [0.3, 0.4) is 0 Å². The summed E-state index contributed by atoms with van der Waals surface area (Å²) in [6.45, 7) is 15.5. The minimum Gasteiger partial charge on any atom is -0.396 e. The molecule has 0 aromatic carbocycles. The molecule has 0 aromatic rings. The van der Waals surface area contributed by atoms with Crippen LogP contribution in [0.5, 0.6) is 0 Å². The summed E-state index contributed by atoms with van der Waals surface area (Å²) in [5.74, 6) is 0.430. The van der Waals surface area contributed by atoms with Crippen LogP contribution in [0.4, 0.5) is 0 Å². The molecular formula is C40H84I2O14. The third kappa shape index (κ3) is 26.5. The van der Waals surface area contributed by atoms with E-state index in [9.17, 15) is 25.2 Å². The number of ketones is 1. The Morgan fingerprint density at radius 1 is 0.714 bits per heavy atom. The first-order chi connectivity index (χ1) is 26.0. The Balaban J connectivity index is -0.000000214. The van der Waals surface area contributed by atoms with E-state index >= 15 is 0 Å². The second-order valence-corrected chi connectivity index (χ2v) is 13.4. The number of aliphatic hydroxyl groups excluding tert-OH is 4. The first-order valence-electron chi connectivity index (χ1n) is 18.8. The Morgan fingerprint density at radius 2 is 1.09 bits per heavy atom. The molecule has 11 atom stereocenters. The molecule has 3 fully saturated rings. The summed E-state index contributed by atoms with van der Waals surface area (Å²) in [6, 6.07) is 0. The van der Waals surface area contributed by atoms with E-state index in [1.54, 1.807) is 21.3 Å². The molecule has 0 bridgehead atoms. The molecule has 0 heterocycles. The van der Waals surface area contributed by atoms with Gasteiger partial charge in [0.2, 0.25) is 0 Å². The summed E-state index contributed by atoms with van der Waals surface area (Å²) < 4.78 is 54.6. The maximum absolute atomic E-state index is 9.95. The maximum Gasteiger partial charge on any atom is 0.146 e. The molecule has 3 rings (SSSR count). The molecule has 3 saturated carbocycles. The zero-order valence-electron chi connectivity index (χ0n) is 34.3. The Labute approximate surface area is 370 Å². The highest BCUT2D eigenvalue weighted by molar-refractivity contribution is 14.1. The number of Topliss-reactive ketones (excluding diaryl/α,β-unsaturated/α-hetero) is 1. The second-order valence-electron chi connectivity index (χ2n) is 12.5. The van der Waals surface area contributed by atoms with Crippen LogP contribution in [-0.2, 0) is 47.4 Å². The van der Waals surface area contributed by atoms with Gasteiger partial charge >= 0.3 is 0 Å². The zero-order chi connectivity index (χ0) is 41.5. The smallest absolute Gasteiger partial charge is 0.146 e. The number of carbonyl (C=O) groups excluding carboxylic acids is 1. The van der Waals surface area contributed by atoms with E-state index in [4.69, 9.17) is 44.0 Å². The lowest BCUT2D eigenvalue weighted by Gasteiger charge is -2.23. The van der Waals surface area contributed by atoms with E-state index < -0.39 is 12.2 Å². The molecular weight excluding hydrogens is 958 g/mol. The third-order valence-corrected chi connectivity index (χ3v) is 9.94. The van der Waals surface area contributed by atoms with Crippen molar-refractivity contribution in [2.24, 2.45) is 29.6 Å². The summed E-state index contributed by atoms with van der Waals surface area (Å²) in [4.78, 5) is 11.6. The summed E-state index contributed by atoms with van der Waals surface area (Å²) in [5.41, 5.74) is 0.810. The van der Waals surface area contributed by atoms with Crippen LogP contribution in [0.15, 0.2) is 12.2 Å². The first-order valence-corrected chi connectivity index (χ1v) is 21.7. The molecule has 342 valence electrons. The highest BCUT2D eigenvalue weighted by Crippen LogP contribution is 2.37. The number of ether oxygens (including phenoxy) is 9. The van der Waals surface area contributed by atoms with Gasteiger partial charge in [-0.15, -0.1) is 0 Å². The Hall–Kier alpha value is 0.350. The summed E-state index contributed by atoms with van der Waals surface area (Å²) >= 11 is 4.47. The average Bonchev–Trinajstić information content (AvgIpc) is 3.76. The minimum absolute atomic E-state index is 0. The Kier molecular flexibility index (Phi) is 47.3. The molecule has 0 radical (unpaired) electrons. The van der Waals surface area contributed by atoms with Crippen molar-refractivity contribution in [3.05, 3.63) is 12.2 Å². The molecule has 0 aliphatic heterocycles. The second kappa shape index (κ2) is 42.1. The molecule has 3 aliphatic carbocycles. The molecule has 56 heavy (non-hydrogen) atoms. The van der Waals surface area contributed by atoms with Gasteiger partial charge in [0.1, 0.15) is 26.2 Å². The van der Waals surface area contributed by atoms with Gasteiger partial charge < -0.3 is 67.9 Å². The van der Waals surface area contributed by atoms with E-state index in [0.717, 1.165) is 10.0 Å². The normalized spacial score (nSPS) is 28.9. The number of hydrogen-bond acceptors (Lipinski definition) is 14. The van der Waals surface area contributed by atoms with Crippen molar-refractivity contribution < 1.29 is 69.2 Å². The first kappa shape index (κ1) is 63.0. The van der Waals surface area contributed by atoms with Gasteiger partial charge in [-0.2, -0.15) is 0 Å². The topological polar surface area (TPSA) is 181 Å². The number of methoxy groups -OCH3 is 3. The number of halogens is 2. The quantitative estimate of drug-likeness (QED) is 0.0487. The molecule has 14 nitrogen and oxygen atoms in total. The fourth-order valence-electron chi connectivity index (χ4n) is 6.26. The lowest BCUT2D eigenvalue weighted by molar-refractivity contribution is -0.115. The van der Waals surface area contributed by atoms with Crippen molar-refractivity contribution in [1.29, 1.82) is 0 Å². The van der Waals surface area contributed by atoms with Crippen LogP contribution in [0.25, 0.3) is 0 Å². The SMILES string of the molecule is C.C.C.C=C1[C@H](O)C[C@H](OCOC)[C@H]1COCC.CCOC[C@H]1[C@H](CI)[C@H](O)C[C@@H]1OCOC.CCOC[C@H]1[C@H](CO)[C@H](O)C[C@@H]1OCOC.CI.[2H]CC(C)=O. The molecule has 0 unspecified atom stereocenters. The van der Waals surface area contributed by atoms with Crippen molar-refractivity contribution in [2.45, 2.75) is 113 Å². The monoisotopic (exact) mass is 1040 g/mol. The van der Waals surface area contributed by atoms with Gasteiger partial charge in [0.15, 0.2) is 0 Å². The number of hydrogen-bond donors (Lipinski definition) is 4. The van der Waals surface area contributed by atoms with E-state index in [1.165, 1.54) is 6.92 Å². The fraction of sp³-hybridized carbons (Fsp3) is 0.925. The van der Waals surface area contributed by atoms with Crippen LogP contribution in [0.1, 0.15) is 77.5 Å². The maximum atomic E-state index is 9.95. The number of rotatable bonds is 20. The molecule has 0 spiro atoms. The van der Waals surface area contributed by atoms with E-state index in [2.05, 4.69) is 51.8 Å². The molecule has 16 heteroatoms. The summed E-state index contributed by atoms with van der Waals surface area (Å²) in [7, 11) is 4.75. The van der Waals surface area contributed by atoms with Gasteiger partial charge in [-0.25, -0.2) is 0 Å². The van der Waals surface area contributed by atoms with Crippen LogP contribution < -0.4 is 0 Å². The number of alkyl halides is 2. The van der Waals surface area contributed by atoms with Gasteiger partial charge in [0.25, 0.3) is 0 Å². The van der Waals surface area contributed by atoms with Crippen molar-refractivity contribution in [1.82, 2.24) is 0 Å². The van der Waals surface area contributed by atoms with E-state index in [1.807, 2.05) is 25.7 Å².